The predicted octanol–water partition coefficient (Wildman–Crippen LogP) is 0.144. The number of carboxylic acid groups (broad SMARTS) is 1. The largest absolute Gasteiger partial charge is 0.480 e. The van der Waals surface area contributed by atoms with Gasteiger partial charge in [0.15, 0.2) is 5.13 Å². The second kappa shape index (κ2) is 5.42. The molecule has 0 aliphatic rings. The number of rotatable bonds is 5. The van der Waals surface area contributed by atoms with E-state index in [1.165, 1.54) is 18.3 Å². The van der Waals surface area contributed by atoms with Gasteiger partial charge in [0.2, 0.25) is 5.91 Å². The Morgan fingerprint density at radius 3 is 2.93 bits per heavy atom. The van der Waals surface area contributed by atoms with Gasteiger partial charge in [-0.2, -0.15) is 0 Å². The van der Waals surface area contributed by atoms with E-state index in [0.29, 0.717) is 5.13 Å². The van der Waals surface area contributed by atoms with Crippen molar-refractivity contribution in [1.29, 1.82) is 0 Å². The third-order valence-electron chi connectivity index (χ3n) is 1.62. The third kappa shape index (κ3) is 4.05. The number of aliphatic carboxylic acids is 1. The molecule has 15 heavy (non-hydrogen) atoms. The Hall–Kier alpha value is -1.47. The Bertz CT molecular complexity index is 339. The number of carbonyl (C=O) groups excluding carboxylic acids is 1. The Morgan fingerprint density at radius 1 is 1.67 bits per heavy atom. The Balaban J connectivity index is 2.28. The van der Waals surface area contributed by atoms with Crippen molar-refractivity contribution in [3.05, 3.63) is 11.6 Å². The first kappa shape index (κ1) is 11.6. The number of carbonyl (C=O) groups is 2. The van der Waals surface area contributed by atoms with Crippen LogP contribution in [0.4, 0.5) is 5.13 Å². The first-order valence-corrected chi connectivity index (χ1v) is 5.13. The van der Waals surface area contributed by atoms with Crippen LogP contribution in [0.25, 0.3) is 0 Å². The summed E-state index contributed by atoms with van der Waals surface area (Å²) >= 11 is 1.30. The van der Waals surface area contributed by atoms with Gasteiger partial charge in [0.05, 0.1) is 6.54 Å². The van der Waals surface area contributed by atoms with Crippen LogP contribution in [0.1, 0.15) is 6.92 Å². The monoisotopic (exact) mass is 229 g/mol. The molecular formula is C8H11N3O3S. The summed E-state index contributed by atoms with van der Waals surface area (Å²) in [5.41, 5.74) is 0. The van der Waals surface area contributed by atoms with E-state index in [1.54, 1.807) is 11.6 Å². The summed E-state index contributed by atoms with van der Waals surface area (Å²) in [6.07, 6.45) is 1.58. The normalized spacial score (nSPS) is 12.1. The van der Waals surface area contributed by atoms with Crippen molar-refractivity contribution >= 4 is 28.3 Å². The second-order valence-corrected chi connectivity index (χ2v) is 3.72. The maximum Gasteiger partial charge on any atom is 0.320 e. The van der Waals surface area contributed by atoms with Crippen molar-refractivity contribution in [2.75, 3.05) is 11.9 Å². The Morgan fingerprint density at radius 2 is 2.40 bits per heavy atom. The number of nitrogens with one attached hydrogen (secondary N) is 2. The van der Waals surface area contributed by atoms with Crippen LogP contribution < -0.4 is 10.6 Å². The number of aromatic nitrogens is 1. The number of anilines is 1. The molecule has 1 rings (SSSR count). The second-order valence-electron chi connectivity index (χ2n) is 2.83. The molecule has 0 bridgehead atoms. The molecule has 0 saturated carbocycles. The summed E-state index contributed by atoms with van der Waals surface area (Å²) in [6.45, 7) is 1.42. The zero-order valence-electron chi connectivity index (χ0n) is 8.06. The van der Waals surface area contributed by atoms with Crippen LogP contribution in [-0.2, 0) is 9.59 Å². The zero-order chi connectivity index (χ0) is 11.3. The molecule has 1 aromatic rings. The van der Waals surface area contributed by atoms with Crippen molar-refractivity contribution < 1.29 is 14.7 Å². The lowest BCUT2D eigenvalue weighted by Gasteiger charge is -2.07. The van der Waals surface area contributed by atoms with Gasteiger partial charge in [0.25, 0.3) is 0 Å². The van der Waals surface area contributed by atoms with Gasteiger partial charge in [0.1, 0.15) is 6.04 Å². The van der Waals surface area contributed by atoms with Crippen LogP contribution in [0.15, 0.2) is 11.6 Å². The van der Waals surface area contributed by atoms with E-state index in [4.69, 9.17) is 5.11 Å². The van der Waals surface area contributed by atoms with Crippen LogP contribution in [0.2, 0.25) is 0 Å². The Labute approximate surface area is 90.3 Å². The molecule has 0 aliphatic carbocycles. The molecule has 82 valence electrons. The summed E-state index contributed by atoms with van der Waals surface area (Å²) in [5.74, 6) is -1.30. The average molecular weight is 229 g/mol. The van der Waals surface area contributed by atoms with E-state index in [-0.39, 0.29) is 12.5 Å². The summed E-state index contributed by atoms with van der Waals surface area (Å²) in [5, 5.41) is 15.9. The number of hydrogen-bond acceptors (Lipinski definition) is 5. The first-order valence-electron chi connectivity index (χ1n) is 4.25. The molecule has 3 N–H and O–H groups in total. The highest BCUT2D eigenvalue weighted by Gasteiger charge is 2.11. The molecule has 0 radical (unpaired) electrons. The smallest absolute Gasteiger partial charge is 0.320 e. The zero-order valence-corrected chi connectivity index (χ0v) is 8.87. The summed E-state index contributed by atoms with van der Waals surface area (Å²) in [4.78, 5) is 25.5. The minimum atomic E-state index is -0.989. The van der Waals surface area contributed by atoms with Gasteiger partial charge < -0.3 is 10.4 Å². The van der Waals surface area contributed by atoms with Gasteiger partial charge in [0, 0.05) is 11.6 Å². The van der Waals surface area contributed by atoms with Gasteiger partial charge in [-0.3, -0.25) is 14.9 Å². The lowest BCUT2D eigenvalue weighted by molar-refractivity contribution is -0.139. The number of thiazole rings is 1. The molecule has 7 heteroatoms. The predicted molar refractivity (Wildman–Crippen MR) is 55.8 cm³/mol. The van der Waals surface area contributed by atoms with Crippen LogP contribution in [0.3, 0.4) is 0 Å². The van der Waals surface area contributed by atoms with Crippen LogP contribution in [0, 0.1) is 0 Å². The molecule has 0 fully saturated rings. The van der Waals surface area contributed by atoms with Crippen LogP contribution >= 0.6 is 11.3 Å². The third-order valence-corrected chi connectivity index (χ3v) is 2.31. The topological polar surface area (TPSA) is 91.3 Å². The average Bonchev–Trinajstić information content (AvgIpc) is 2.66. The van der Waals surface area contributed by atoms with E-state index in [0.717, 1.165) is 0 Å². The molecule has 0 aromatic carbocycles. The standard InChI is InChI=1S/C8H11N3O3S/c1-5(7(13)14)10-4-6(12)11-8-9-2-3-15-8/h2-3,5,10H,4H2,1H3,(H,13,14)(H,9,11,12)/t5-/m0/s1. The quantitative estimate of drug-likeness (QED) is 0.668. The van der Waals surface area contributed by atoms with Crippen molar-refractivity contribution in [3.63, 3.8) is 0 Å². The van der Waals surface area contributed by atoms with Gasteiger partial charge in [-0.15, -0.1) is 11.3 Å². The van der Waals surface area contributed by atoms with Crippen LogP contribution in [0.5, 0.6) is 0 Å². The van der Waals surface area contributed by atoms with E-state index in [2.05, 4.69) is 15.6 Å². The van der Waals surface area contributed by atoms with E-state index in [9.17, 15) is 9.59 Å². The number of nitrogens with zero attached hydrogens (tertiary/aromatic N) is 1. The maximum atomic E-state index is 11.2. The fourth-order valence-electron chi connectivity index (χ4n) is 0.782. The minimum Gasteiger partial charge on any atom is -0.480 e. The molecule has 0 aliphatic heterocycles. The highest BCUT2D eigenvalue weighted by Crippen LogP contribution is 2.09. The number of hydrogen-bond donors (Lipinski definition) is 3. The molecule has 0 saturated heterocycles. The Kier molecular flexibility index (Phi) is 4.19. The van der Waals surface area contributed by atoms with Gasteiger partial charge in [-0.05, 0) is 6.92 Å². The van der Waals surface area contributed by atoms with Crippen molar-refractivity contribution in [2.45, 2.75) is 13.0 Å². The summed E-state index contributed by atoms with van der Waals surface area (Å²) < 4.78 is 0. The van der Waals surface area contributed by atoms with Crippen LogP contribution in [-0.4, -0.2) is 34.6 Å². The van der Waals surface area contributed by atoms with Crippen molar-refractivity contribution in [1.82, 2.24) is 10.3 Å². The molecule has 0 spiro atoms. The fourth-order valence-corrected chi connectivity index (χ4v) is 1.33. The SMILES string of the molecule is C[C@H](NCC(=O)Nc1nccs1)C(=O)O. The number of amides is 1. The van der Waals surface area contributed by atoms with E-state index < -0.39 is 12.0 Å². The minimum absolute atomic E-state index is 0.0486. The van der Waals surface area contributed by atoms with E-state index in [1.807, 2.05) is 0 Å². The molecule has 1 atom stereocenters. The molecule has 0 unspecified atom stereocenters. The lowest BCUT2D eigenvalue weighted by atomic mass is 10.3. The van der Waals surface area contributed by atoms with Crippen molar-refractivity contribution in [2.24, 2.45) is 0 Å². The van der Waals surface area contributed by atoms with Crippen molar-refractivity contribution in [3.8, 4) is 0 Å². The molecule has 1 amide bonds. The van der Waals surface area contributed by atoms with Gasteiger partial charge in [-0.1, -0.05) is 0 Å². The molecular weight excluding hydrogens is 218 g/mol. The molecule has 6 nitrogen and oxygen atoms in total. The first-order chi connectivity index (χ1) is 7.09. The summed E-state index contributed by atoms with van der Waals surface area (Å²) in [6, 6.07) is -0.743. The highest BCUT2D eigenvalue weighted by molar-refractivity contribution is 7.13. The summed E-state index contributed by atoms with van der Waals surface area (Å²) in [7, 11) is 0. The molecule has 1 aromatic heterocycles. The fraction of sp³-hybridized carbons (Fsp3) is 0.375. The number of carboxylic acids is 1. The maximum absolute atomic E-state index is 11.2. The van der Waals surface area contributed by atoms with Gasteiger partial charge >= 0.3 is 5.97 Å². The lowest BCUT2D eigenvalue weighted by Crippen LogP contribution is -2.39. The van der Waals surface area contributed by atoms with Gasteiger partial charge in [-0.25, -0.2) is 4.98 Å². The van der Waals surface area contributed by atoms with E-state index >= 15 is 0 Å². The molecule has 1 heterocycles. The highest BCUT2D eigenvalue weighted by atomic mass is 32.1.